The molecule has 2 N–H and O–H groups in total. The molecule has 4 heteroatoms. The van der Waals surface area contributed by atoms with Crippen molar-refractivity contribution in [2.75, 3.05) is 10.6 Å². The molecule has 1 aromatic carbocycles. The SMILES string of the molecule is CCc1ccc(C(C)Nc2cc(NC(C)=O)ccc2C)s1. The number of benzene rings is 1. The summed E-state index contributed by atoms with van der Waals surface area (Å²) in [6.45, 7) is 7.93. The third-order valence-corrected chi connectivity index (χ3v) is 4.80. The molecule has 0 saturated carbocycles. The second kappa shape index (κ2) is 6.76. The van der Waals surface area contributed by atoms with Gasteiger partial charge >= 0.3 is 0 Å². The first-order valence-electron chi connectivity index (χ1n) is 7.23. The van der Waals surface area contributed by atoms with E-state index < -0.39 is 0 Å². The van der Waals surface area contributed by atoms with Gasteiger partial charge in [0.05, 0.1) is 6.04 Å². The fourth-order valence-electron chi connectivity index (χ4n) is 2.18. The highest BCUT2D eigenvalue weighted by Crippen LogP contribution is 2.29. The number of anilines is 2. The van der Waals surface area contributed by atoms with Gasteiger partial charge in [-0.3, -0.25) is 4.79 Å². The summed E-state index contributed by atoms with van der Waals surface area (Å²) in [6.07, 6.45) is 1.08. The summed E-state index contributed by atoms with van der Waals surface area (Å²) in [6, 6.07) is 10.6. The lowest BCUT2D eigenvalue weighted by Crippen LogP contribution is -2.09. The van der Waals surface area contributed by atoms with Crippen LogP contribution in [0.25, 0.3) is 0 Å². The van der Waals surface area contributed by atoms with Gasteiger partial charge in [0.1, 0.15) is 0 Å². The number of thiophene rings is 1. The highest BCUT2D eigenvalue weighted by atomic mass is 32.1. The van der Waals surface area contributed by atoms with Crippen molar-refractivity contribution in [3.05, 3.63) is 45.6 Å². The first-order valence-corrected chi connectivity index (χ1v) is 8.04. The molecule has 3 nitrogen and oxygen atoms in total. The number of hydrogen-bond acceptors (Lipinski definition) is 3. The Kier molecular flexibility index (Phi) is 5.02. The number of amides is 1. The van der Waals surface area contributed by atoms with Crippen molar-refractivity contribution in [1.82, 2.24) is 0 Å². The number of aryl methyl sites for hydroxylation is 2. The largest absolute Gasteiger partial charge is 0.377 e. The Morgan fingerprint density at radius 3 is 2.67 bits per heavy atom. The molecule has 0 aliphatic carbocycles. The Bertz CT molecular complexity index is 633. The van der Waals surface area contributed by atoms with Crippen molar-refractivity contribution in [3.8, 4) is 0 Å². The fourth-order valence-corrected chi connectivity index (χ4v) is 3.14. The first kappa shape index (κ1) is 15.6. The van der Waals surface area contributed by atoms with Crippen LogP contribution >= 0.6 is 11.3 Å². The lowest BCUT2D eigenvalue weighted by Gasteiger charge is -2.17. The van der Waals surface area contributed by atoms with Crippen molar-refractivity contribution >= 4 is 28.6 Å². The van der Waals surface area contributed by atoms with Crippen LogP contribution in [0.3, 0.4) is 0 Å². The van der Waals surface area contributed by atoms with Gasteiger partial charge in [-0.25, -0.2) is 0 Å². The predicted molar refractivity (Wildman–Crippen MR) is 91.2 cm³/mol. The van der Waals surface area contributed by atoms with Crippen molar-refractivity contribution in [2.45, 2.75) is 40.2 Å². The first-order chi connectivity index (χ1) is 9.99. The lowest BCUT2D eigenvalue weighted by atomic mass is 10.1. The van der Waals surface area contributed by atoms with Crippen molar-refractivity contribution in [1.29, 1.82) is 0 Å². The van der Waals surface area contributed by atoms with E-state index in [4.69, 9.17) is 0 Å². The Hall–Kier alpha value is -1.81. The zero-order valence-corrected chi connectivity index (χ0v) is 13.8. The quantitative estimate of drug-likeness (QED) is 0.836. The maximum Gasteiger partial charge on any atom is 0.221 e. The molecule has 0 saturated heterocycles. The number of hydrogen-bond donors (Lipinski definition) is 2. The van der Waals surface area contributed by atoms with Crippen LogP contribution in [-0.4, -0.2) is 5.91 Å². The molecule has 1 heterocycles. The van der Waals surface area contributed by atoms with Crippen molar-refractivity contribution in [3.63, 3.8) is 0 Å². The smallest absolute Gasteiger partial charge is 0.221 e. The minimum Gasteiger partial charge on any atom is -0.377 e. The number of nitrogens with one attached hydrogen (secondary N) is 2. The monoisotopic (exact) mass is 302 g/mol. The van der Waals surface area contributed by atoms with Crippen LogP contribution in [0.1, 0.15) is 42.1 Å². The molecule has 1 atom stereocenters. The molecule has 0 spiro atoms. The van der Waals surface area contributed by atoms with E-state index >= 15 is 0 Å². The molecule has 0 fully saturated rings. The summed E-state index contributed by atoms with van der Waals surface area (Å²) in [5, 5.41) is 6.36. The normalized spacial score (nSPS) is 12.0. The van der Waals surface area contributed by atoms with Crippen LogP contribution in [0.2, 0.25) is 0 Å². The van der Waals surface area contributed by atoms with Crippen LogP contribution in [0.5, 0.6) is 0 Å². The second-order valence-electron chi connectivity index (χ2n) is 5.23. The molecule has 0 radical (unpaired) electrons. The predicted octanol–water partition coefficient (Wildman–Crippen LogP) is 4.75. The number of carbonyl (C=O) groups excluding carboxylic acids is 1. The molecular formula is C17H22N2OS. The minimum absolute atomic E-state index is 0.0521. The van der Waals surface area contributed by atoms with Crippen LogP contribution in [0.15, 0.2) is 30.3 Å². The van der Waals surface area contributed by atoms with Crippen LogP contribution < -0.4 is 10.6 Å². The Balaban J connectivity index is 2.15. The fraction of sp³-hybridized carbons (Fsp3) is 0.353. The highest BCUT2D eigenvalue weighted by Gasteiger charge is 2.10. The Labute approximate surface area is 130 Å². The lowest BCUT2D eigenvalue weighted by molar-refractivity contribution is -0.114. The molecule has 112 valence electrons. The highest BCUT2D eigenvalue weighted by molar-refractivity contribution is 7.12. The molecule has 0 aliphatic rings. The third-order valence-electron chi connectivity index (χ3n) is 3.39. The number of rotatable bonds is 5. The van der Waals surface area contributed by atoms with E-state index in [1.807, 2.05) is 29.5 Å². The second-order valence-corrected chi connectivity index (χ2v) is 6.43. The topological polar surface area (TPSA) is 41.1 Å². The van der Waals surface area contributed by atoms with E-state index in [0.717, 1.165) is 17.8 Å². The van der Waals surface area contributed by atoms with Gasteiger partial charge in [-0.15, -0.1) is 11.3 Å². The van der Waals surface area contributed by atoms with Gasteiger partial charge in [-0.2, -0.15) is 0 Å². The summed E-state index contributed by atoms with van der Waals surface area (Å²) >= 11 is 1.85. The molecule has 1 aromatic heterocycles. The van der Waals surface area contributed by atoms with E-state index in [0.29, 0.717) is 0 Å². The molecule has 21 heavy (non-hydrogen) atoms. The summed E-state index contributed by atoms with van der Waals surface area (Å²) in [7, 11) is 0. The molecular weight excluding hydrogens is 280 g/mol. The zero-order chi connectivity index (χ0) is 15.4. The number of carbonyl (C=O) groups is 1. The maximum atomic E-state index is 11.2. The van der Waals surface area contributed by atoms with Gasteiger partial charge in [0.25, 0.3) is 0 Å². The van der Waals surface area contributed by atoms with E-state index in [1.54, 1.807) is 0 Å². The van der Waals surface area contributed by atoms with Crippen molar-refractivity contribution in [2.24, 2.45) is 0 Å². The molecule has 2 aromatic rings. The summed E-state index contributed by atoms with van der Waals surface area (Å²) in [5.74, 6) is -0.0521. The van der Waals surface area contributed by atoms with E-state index in [2.05, 4.69) is 43.5 Å². The van der Waals surface area contributed by atoms with E-state index in [1.165, 1.54) is 22.2 Å². The van der Waals surface area contributed by atoms with Crippen LogP contribution in [0.4, 0.5) is 11.4 Å². The molecule has 1 amide bonds. The Morgan fingerprint density at radius 1 is 1.29 bits per heavy atom. The maximum absolute atomic E-state index is 11.2. The standard InChI is InChI=1S/C17H22N2OS/c1-5-15-8-9-17(21-15)12(3)18-16-10-14(19-13(4)20)7-6-11(16)2/h6-10,12,18H,5H2,1-4H3,(H,19,20). The third kappa shape index (κ3) is 4.08. The average Bonchev–Trinajstić information content (AvgIpc) is 2.91. The van der Waals surface area contributed by atoms with E-state index in [-0.39, 0.29) is 11.9 Å². The zero-order valence-electron chi connectivity index (χ0n) is 13.0. The Morgan fingerprint density at radius 2 is 2.05 bits per heavy atom. The van der Waals surface area contributed by atoms with E-state index in [9.17, 15) is 4.79 Å². The van der Waals surface area contributed by atoms with Gasteiger partial charge in [-0.1, -0.05) is 13.0 Å². The van der Waals surface area contributed by atoms with Gasteiger partial charge in [0.2, 0.25) is 5.91 Å². The van der Waals surface area contributed by atoms with Crippen molar-refractivity contribution < 1.29 is 4.79 Å². The van der Waals surface area contributed by atoms with Gasteiger partial charge in [-0.05, 0) is 50.1 Å². The minimum atomic E-state index is -0.0521. The molecule has 0 aliphatic heterocycles. The summed E-state index contributed by atoms with van der Waals surface area (Å²) in [5.41, 5.74) is 3.05. The summed E-state index contributed by atoms with van der Waals surface area (Å²) < 4.78 is 0. The molecule has 2 rings (SSSR count). The molecule has 0 bridgehead atoms. The van der Waals surface area contributed by atoms with Crippen LogP contribution in [-0.2, 0) is 11.2 Å². The average molecular weight is 302 g/mol. The molecule has 1 unspecified atom stereocenters. The van der Waals surface area contributed by atoms with Gasteiger partial charge in [0.15, 0.2) is 0 Å². The summed E-state index contributed by atoms with van der Waals surface area (Å²) in [4.78, 5) is 13.9. The van der Waals surface area contributed by atoms with Gasteiger partial charge < -0.3 is 10.6 Å². The van der Waals surface area contributed by atoms with Gasteiger partial charge in [0, 0.05) is 28.1 Å². The van der Waals surface area contributed by atoms with Crippen LogP contribution in [0, 0.1) is 6.92 Å².